The van der Waals surface area contributed by atoms with E-state index < -0.39 is 0 Å². The van der Waals surface area contributed by atoms with Gasteiger partial charge in [0.1, 0.15) is 0 Å². The van der Waals surface area contributed by atoms with Gasteiger partial charge < -0.3 is 15.4 Å². The molecule has 1 amide bonds. The van der Waals surface area contributed by atoms with Gasteiger partial charge in [-0.3, -0.25) is 4.79 Å². The Morgan fingerprint density at radius 2 is 2.29 bits per heavy atom. The number of rotatable bonds is 3. The summed E-state index contributed by atoms with van der Waals surface area (Å²) in [6.07, 6.45) is 0. The van der Waals surface area contributed by atoms with Gasteiger partial charge in [-0.25, -0.2) is 0 Å². The highest BCUT2D eigenvalue weighted by Crippen LogP contribution is 2.23. The maximum Gasteiger partial charge on any atom is 0.239 e. The molecule has 82 valence electrons. The molecule has 1 fully saturated rings. The van der Waals surface area contributed by atoms with Crippen molar-refractivity contribution in [3.8, 4) is 0 Å². The molecule has 1 aliphatic heterocycles. The van der Waals surface area contributed by atoms with Gasteiger partial charge in [-0.2, -0.15) is 0 Å². The van der Waals surface area contributed by atoms with Crippen LogP contribution in [0.3, 0.4) is 0 Å². The normalized spacial score (nSPS) is 29.3. The summed E-state index contributed by atoms with van der Waals surface area (Å²) in [5.41, 5.74) is 5.56. The second-order valence-electron chi connectivity index (χ2n) is 4.22. The average molecular weight is 200 g/mol. The first-order valence-corrected chi connectivity index (χ1v) is 5.09. The van der Waals surface area contributed by atoms with Crippen LogP contribution in [0.15, 0.2) is 0 Å². The van der Waals surface area contributed by atoms with Crippen LogP contribution in [0.25, 0.3) is 0 Å². The predicted molar refractivity (Wildman–Crippen MR) is 54.8 cm³/mol. The van der Waals surface area contributed by atoms with Crippen LogP contribution >= 0.6 is 0 Å². The Morgan fingerprint density at radius 3 is 2.79 bits per heavy atom. The van der Waals surface area contributed by atoms with Crippen LogP contribution in [-0.2, 0) is 9.53 Å². The number of carbonyl (C=O) groups excluding carboxylic acids is 1. The van der Waals surface area contributed by atoms with Crippen molar-refractivity contribution >= 4 is 5.91 Å². The zero-order valence-corrected chi connectivity index (χ0v) is 9.19. The summed E-state index contributed by atoms with van der Waals surface area (Å²) in [5.74, 6) is 1.02. The SMILES string of the molecule is COC[C@@H]1CN(C(=O)[C@@H](C)N)C[C@H]1C. The second-order valence-corrected chi connectivity index (χ2v) is 4.22. The molecule has 0 aromatic carbocycles. The lowest BCUT2D eigenvalue weighted by Gasteiger charge is -2.18. The fourth-order valence-corrected chi connectivity index (χ4v) is 1.93. The summed E-state index contributed by atoms with van der Waals surface area (Å²) in [6.45, 7) is 6.21. The molecule has 4 heteroatoms. The Labute approximate surface area is 85.4 Å². The van der Waals surface area contributed by atoms with Crippen molar-refractivity contribution in [3.05, 3.63) is 0 Å². The van der Waals surface area contributed by atoms with Crippen LogP contribution in [0.4, 0.5) is 0 Å². The van der Waals surface area contributed by atoms with Crippen molar-refractivity contribution in [2.45, 2.75) is 19.9 Å². The van der Waals surface area contributed by atoms with Crippen LogP contribution in [0.5, 0.6) is 0 Å². The molecule has 0 bridgehead atoms. The second kappa shape index (κ2) is 4.75. The van der Waals surface area contributed by atoms with Crippen molar-refractivity contribution < 1.29 is 9.53 Å². The van der Waals surface area contributed by atoms with Crippen LogP contribution in [0, 0.1) is 11.8 Å². The largest absolute Gasteiger partial charge is 0.384 e. The van der Waals surface area contributed by atoms with Crippen molar-refractivity contribution in [2.75, 3.05) is 26.8 Å². The molecule has 4 nitrogen and oxygen atoms in total. The lowest BCUT2D eigenvalue weighted by molar-refractivity contribution is -0.131. The number of nitrogens with zero attached hydrogens (tertiary/aromatic N) is 1. The molecule has 3 atom stereocenters. The minimum Gasteiger partial charge on any atom is -0.384 e. The summed E-state index contributed by atoms with van der Waals surface area (Å²) < 4.78 is 5.12. The van der Waals surface area contributed by atoms with E-state index in [-0.39, 0.29) is 11.9 Å². The molecule has 0 saturated carbocycles. The number of hydrogen-bond acceptors (Lipinski definition) is 3. The monoisotopic (exact) mass is 200 g/mol. The van der Waals surface area contributed by atoms with Crippen LogP contribution in [0.2, 0.25) is 0 Å². The van der Waals surface area contributed by atoms with Crippen molar-refractivity contribution in [3.63, 3.8) is 0 Å². The summed E-state index contributed by atoms with van der Waals surface area (Å²) in [5, 5.41) is 0. The molecule has 1 saturated heterocycles. The molecule has 1 rings (SSSR count). The van der Waals surface area contributed by atoms with E-state index in [4.69, 9.17) is 10.5 Å². The number of carbonyl (C=O) groups is 1. The molecule has 0 aromatic rings. The van der Waals surface area contributed by atoms with E-state index >= 15 is 0 Å². The maximum atomic E-state index is 11.6. The summed E-state index contributed by atoms with van der Waals surface area (Å²) in [7, 11) is 1.70. The summed E-state index contributed by atoms with van der Waals surface area (Å²) in [6, 6.07) is -0.386. The molecule has 2 N–H and O–H groups in total. The van der Waals surface area contributed by atoms with E-state index in [1.165, 1.54) is 0 Å². The highest BCUT2D eigenvalue weighted by atomic mass is 16.5. The number of hydrogen-bond donors (Lipinski definition) is 1. The van der Waals surface area contributed by atoms with Gasteiger partial charge in [0.15, 0.2) is 0 Å². The molecule has 1 heterocycles. The first kappa shape index (κ1) is 11.5. The number of amides is 1. The van der Waals surface area contributed by atoms with Gasteiger partial charge in [-0.05, 0) is 12.8 Å². The smallest absolute Gasteiger partial charge is 0.239 e. The first-order chi connectivity index (χ1) is 6.56. The van der Waals surface area contributed by atoms with Crippen molar-refractivity contribution in [1.29, 1.82) is 0 Å². The Morgan fingerprint density at radius 1 is 1.64 bits per heavy atom. The molecule has 0 aliphatic carbocycles. The number of ether oxygens (including phenoxy) is 1. The molecule has 0 aromatic heterocycles. The van der Waals surface area contributed by atoms with E-state index in [0.717, 1.165) is 19.7 Å². The highest BCUT2D eigenvalue weighted by Gasteiger charge is 2.32. The molecule has 0 radical (unpaired) electrons. The molecule has 0 unspecified atom stereocenters. The lowest BCUT2D eigenvalue weighted by atomic mass is 10.00. The average Bonchev–Trinajstić information content (AvgIpc) is 2.47. The van der Waals surface area contributed by atoms with Crippen LogP contribution < -0.4 is 5.73 Å². The fraction of sp³-hybridized carbons (Fsp3) is 0.900. The van der Waals surface area contributed by atoms with E-state index in [2.05, 4.69) is 6.92 Å². The minimum atomic E-state index is -0.386. The van der Waals surface area contributed by atoms with Gasteiger partial charge in [-0.1, -0.05) is 6.92 Å². The summed E-state index contributed by atoms with van der Waals surface area (Å²) >= 11 is 0. The number of likely N-dealkylation sites (tertiary alicyclic amines) is 1. The molecule has 14 heavy (non-hydrogen) atoms. The first-order valence-electron chi connectivity index (χ1n) is 5.09. The van der Waals surface area contributed by atoms with Gasteiger partial charge in [0, 0.05) is 26.1 Å². The zero-order chi connectivity index (χ0) is 10.7. The zero-order valence-electron chi connectivity index (χ0n) is 9.19. The van der Waals surface area contributed by atoms with Gasteiger partial charge >= 0.3 is 0 Å². The maximum absolute atomic E-state index is 11.6. The highest BCUT2D eigenvalue weighted by molar-refractivity contribution is 5.81. The Hall–Kier alpha value is -0.610. The van der Waals surface area contributed by atoms with E-state index in [1.807, 2.05) is 4.90 Å². The van der Waals surface area contributed by atoms with Crippen LogP contribution in [0.1, 0.15) is 13.8 Å². The third kappa shape index (κ3) is 2.45. The number of methoxy groups -OCH3 is 1. The van der Waals surface area contributed by atoms with Gasteiger partial charge in [0.25, 0.3) is 0 Å². The minimum absolute atomic E-state index is 0.0513. The predicted octanol–water partition coefficient (Wildman–Crippen LogP) is 0.0745. The quantitative estimate of drug-likeness (QED) is 0.701. The van der Waals surface area contributed by atoms with Crippen molar-refractivity contribution in [2.24, 2.45) is 17.6 Å². The topological polar surface area (TPSA) is 55.6 Å². The standard InChI is InChI=1S/C10H20N2O2/c1-7-4-12(10(13)8(2)11)5-9(7)6-14-3/h7-9H,4-6,11H2,1-3H3/t7-,8-,9+/m1/s1. The van der Waals surface area contributed by atoms with E-state index in [0.29, 0.717) is 11.8 Å². The molecule has 1 aliphatic rings. The Kier molecular flexibility index (Phi) is 3.89. The van der Waals surface area contributed by atoms with Crippen LogP contribution in [-0.4, -0.2) is 43.7 Å². The van der Waals surface area contributed by atoms with E-state index in [1.54, 1.807) is 14.0 Å². The number of nitrogens with two attached hydrogens (primary N) is 1. The Balaban J connectivity index is 2.49. The molecular formula is C10H20N2O2. The van der Waals surface area contributed by atoms with Gasteiger partial charge in [-0.15, -0.1) is 0 Å². The lowest BCUT2D eigenvalue weighted by Crippen LogP contribution is -2.41. The fourth-order valence-electron chi connectivity index (χ4n) is 1.93. The summed E-state index contributed by atoms with van der Waals surface area (Å²) in [4.78, 5) is 13.4. The van der Waals surface area contributed by atoms with Crippen molar-refractivity contribution in [1.82, 2.24) is 4.90 Å². The van der Waals surface area contributed by atoms with Gasteiger partial charge in [0.2, 0.25) is 5.91 Å². The van der Waals surface area contributed by atoms with Gasteiger partial charge in [0.05, 0.1) is 12.6 Å². The molecule has 0 spiro atoms. The Bertz CT molecular complexity index is 206. The third-order valence-electron chi connectivity index (χ3n) is 2.85. The van der Waals surface area contributed by atoms with E-state index in [9.17, 15) is 4.79 Å². The third-order valence-corrected chi connectivity index (χ3v) is 2.85. The molecular weight excluding hydrogens is 180 g/mol.